The Morgan fingerprint density at radius 2 is 2.33 bits per heavy atom. The lowest BCUT2D eigenvalue weighted by Gasteiger charge is -2.30. The van der Waals surface area contributed by atoms with Crippen LogP contribution >= 0.6 is 11.8 Å². The number of benzene rings is 1. The van der Waals surface area contributed by atoms with Crippen LogP contribution in [0, 0.1) is 11.8 Å². The lowest BCUT2D eigenvalue weighted by molar-refractivity contribution is 0.277. The number of aliphatic hydroxyl groups excluding tert-OH is 1. The van der Waals surface area contributed by atoms with Gasteiger partial charge < -0.3 is 9.84 Å². The highest BCUT2D eigenvalue weighted by Crippen LogP contribution is 2.23. The summed E-state index contributed by atoms with van der Waals surface area (Å²) in [7, 11) is 1.69. The second-order valence-electron chi connectivity index (χ2n) is 5.21. The number of nitrogens with zero attached hydrogens (tertiary/aromatic N) is 1. The van der Waals surface area contributed by atoms with Crippen molar-refractivity contribution in [3.8, 4) is 17.6 Å². The molecule has 3 nitrogen and oxygen atoms in total. The van der Waals surface area contributed by atoms with Crippen molar-refractivity contribution in [2.75, 3.05) is 32.6 Å². The molecule has 1 N–H and O–H groups in total. The molecular weight excluding hydrogens is 282 g/mol. The lowest BCUT2D eigenvalue weighted by Crippen LogP contribution is -2.36. The summed E-state index contributed by atoms with van der Waals surface area (Å²) in [5.41, 5.74) is 2.24. The molecule has 1 aromatic carbocycles. The van der Waals surface area contributed by atoms with Crippen LogP contribution in [0.3, 0.4) is 0 Å². The molecule has 1 unspecified atom stereocenters. The van der Waals surface area contributed by atoms with Gasteiger partial charge in [0.2, 0.25) is 0 Å². The van der Waals surface area contributed by atoms with Crippen molar-refractivity contribution in [1.29, 1.82) is 0 Å². The fourth-order valence-corrected chi connectivity index (χ4v) is 3.52. The topological polar surface area (TPSA) is 32.7 Å². The molecule has 1 aliphatic rings. The van der Waals surface area contributed by atoms with E-state index in [2.05, 4.69) is 29.7 Å². The van der Waals surface area contributed by atoms with E-state index >= 15 is 0 Å². The van der Waals surface area contributed by atoms with Crippen molar-refractivity contribution in [2.24, 2.45) is 0 Å². The van der Waals surface area contributed by atoms with Crippen molar-refractivity contribution >= 4 is 11.8 Å². The van der Waals surface area contributed by atoms with Crippen LogP contribution in [0.1, 0.15) is 24.5 Å². The van der Waals surface area contributed by atoms with Gasteiger partial charge in [-0.3, -0.25) is 4.90 Å². The van der Waals surface area contributed by atoms with Crippen molar-refractivity contribution < 1.29 is 9.84 Å². The molecule has 1 aliphatic heterocycles. The first-order valence-corrected chi connectivity index (χ1v) is 8.38. The van der Waals surface area contributed by atoms with Crippen LogP contribution in [0.2, 0.25) is 0 Å². The number of hydrogen-bond donors (Lipinski definition) is 1. The van der Waals surface area contributed by atoms with Gasteiger partial charge in [0, 0.05) is 42.6 Å². The summed E-state index contributed by atoms with van der Waals surface area (Å²) >= 11 is 2.04. The molecule has 2 rings (SSSR count). The van der Waals surface area contributed by atoms with Crippen molar-refractivity contribution in [2.45, 2.75) is 25.1 Å². The van der Waals surface area contributed by atoms with Gasteiger partial charge in [0.15, 0.2) is 0 Å². The maximum Gasteiger partial charge on any atom is 0.119 e. The molecule has 114 valence electrons. The number of methoxy groups -OCH3 is 1. The molecule has 0 aromatic heterocycles. The molecule has 0 radical (unpaired) electrons. The van der Waals surface area contributed by atoms with E-state index in [1.807, 2.05) is 23.9 Å². The summed E-state index contributed by atoms with van der Waals surface area (Å²) in [5, 5.41) is 9.54. The molecular formula is C17H23NO2S. The highest BCUT2D eigenvalue weighted by molar-refractivity contribution is 7.99. The average molecular weight is 305 g/mol. The molecule has 0 amide bonds. The van der Waals surface area contributed by atoms with Gasteiger partial charge in [0.1, 0.15) is 5.75 Å². The molecule has 0 aliphatic carbocycles. The van der Waals surface area contributed by atoms with Crippen LogP contribution < -0.4 is 4.74 Å². The molecule has 1 heterocycles. The average Bonchev–Trinajstić information content (AvgIpc) is 2.49. The molecule has 1 fully saturated rings. The van der Waals surface area contributed by atoms with E-state index in [-0.39, 0.29) is 6.61 Å². The molecule has 4 heteroatoms. The van der Waals surface area contributed by atoms with Crippen molar-refractivity contribution in [1.82, 2.24) is 4.90 Å². The standard InChI is InChI=1S/C17H23NO2S/c1-14-12-18(8-10-21-14)13-16-11-17(20-2)7-6-15(16)5-3-4-9-19/h6-7,11,14,19H,4,8-10,12-13H2,1-2H3. The molecule has 1 aromatic rings. The highest BCUT2D eigenvalue weighted by atomic mass is 32.2. The Morgan fingerprint density at radius 3 is 3.05 bits per heavy atom. The van der Waals surface area contributed by atoms with Gasteiger partial charge in [0.05, 0.1) is 13.7 Å². The van der Waals surface area contributed by atoms with Crippen molar-refractivity contribution in [3.05, 3.63) is 29.3 Å². The van der Waals surface area contributed by atoms with Gasteiger partial charge >= 0.3 is 0 Å². The van der Waals surface area contributed by atoms with Crippen molar-refractivity contribution in [3.63, 3.8) is 0 Å². The van der Waals surface area contributed by atoms with E-state index in [1.165, 1.54) is 11.3 Å². The molecule has 0 bridgehead atoms. The zero-order valence-corrected chi connectivity index (χ0v) is 13.6. The van der Waals surface area contributed by atoms with E-state index in [1.54, 1.807) is 7.11 Å². The molecule has 0 saturated carbocycles. The third-order valence-corrected chi connectivity index (χ3v) is 4.63. The predicted molar refractivity (Wildman–Crippen MR) is 88.8 cm³/mol. The number of thioether (sulfide) groups is 1. The Bertz CT molecular complexity index is 521. The molecule has 1 atom stereocenters. The molecule has 1 saturated heterocycles. The van der Waals surface area contributed by atoms with E-state index < -0.39 is 0 Å². The Morgan fingerprint density at radius 1 is 1.48 bits per heavy atom. The van der Waals surface area contributed by atoms with Gasteiger partial charge in [-0.2, -0.15) is 11.8 Å². The Balaban J connectivity index is 2.16. The minimum atomic E-state index is 0.110. The SMILES string of the molecule is COc1ccc(C#CCCO)c(CN2CCSC(C)C2)c1. The second-order valence-corrected chi connectivity index (χ2v) is 6.76. The van der Waals surface area contributed by atoms with E-state index in [4.69, 9.17) is 9.84 Å². The smallest absolute Gasteiger partial charge is 0.119 e. The van der Waals surface area contributed by atoms with Crippen LogP contribution in [0.25, 0.3) is 0 Å². The quantitative estimate of drug-likeness (QED) is 0.866. The Hall–Kier alpha value is -1.15. The molecule has 21 heavy (non-hydrogen) atoms. The maximum absolute atomic E-state index is 8.85. The van der Waals surface area contributed by atoms with E-state index in [9.17, 15) is 0 Å². The second kappa shape index (κ2) is 8.33. The predicted octanol–water partition coefficient (Wildman–Crippen LogP) is 2.37. The maximum atomic E-state index is 8.85. The largest absolute Gasteiger partial charge is 0.497 e. The number of hydrogen-bond acceptors (Lipinski definition) is 4. The fraction of sp³-hybridized carbons (Fsp3) is 0.529. The minimum absolute atomic E-state index is 0.110. The molecule has 0 spiro atoms. The third kappa shape index (κ3) is 4.96. The minimum Gasteiger partial charge on any atom is -0.497 e. The normalized spacial score (nSPS) is 18.9. The summed E-state index contributed by atoms with van der Waals surface area (Å²) in [6, 6.07) is 6.04. The first-order valence-electron chi connectivity index (χ1n) is 7.33. The Kier molecular flexibility index (Phi) is 6.44. The fourth-order valence-electron chi connectivity index (χ4n) is 2.44. The van der Waals surface area contributed by atoms with Gasteiger partial charge in [-0.1, -0.05) is 18.8 Å². The first-order chi connectivity index (χ1) is 10.2. The van der Waals surface area contributed by atoms with Gasteiger partial charge in [-0.15, -0.1) is 0 Å². The monoisotopic (exact) mass is 305 g/mol. The van der Waals surface area contributed by atoms with Crippen LogP contribution in [0.4, 0.5) is 0 Å². The zero-order valence-electron chi connectivity index (χ0n) is 12.8. The summed E-state index contributed by atoms with van der Waals surface area (Å²) in [5.74, 6) is 8.24. The summed E-state index contributed by atoms with van der Waals surface area (Å²) in [6.45, 7) is 5.54. The number of ether oxygens (including phenoxy) is 1. The third-order valence-electron chi connectivity index (χ3n) is 3.49. The van der Waals surface area contributed by atoms with Gasteiger partial charge in [0.25, 0.3) is 0 Å². The lowest BCUT2D eigenvalue weighted by atomic mass is 10.1. The van der Waals surface area contributed by atoms with Crippen LogP contribution in [-0.2, 0) is 6.54 Å². The number of aliphatic hydroxyl groups is 1. The Labute approximate surface area is 131 Å². The van der Waals surface area contributed by atoms with Gasteiger partial charge in [-0.05, 0) is 23.8 Å². The van der Waals surface area contributed by atoms with Crippen LogP contribution in [0.15, 0.2) is 18.2 Å². The highest BCUT2D eigenvalue weighted by Gasteiger charge is 2.17. The first kappa shape index (κ1) is 16.2. The van der Waals surface area contributed by atoms with E-state index in [0.29, 0.717) is 11.7 Å². The van der Waals surface area contributed by atoms with Crippen LogP contribution in [0.5, 0.6) is 5.75 Å². The van der Waals surface area contributed by atoms with E-state index in [0.717, 1.165) is 30.9 Å². The number of rotatable bonds is 4. The summed E-state index contributed by atoms with van der Waals surface area (Å²) in [4.78, 5) is 2.48. The van der Waals surface area contributed by atoms with Crippen LogP contribution in [-0.4, -0.2) is 47.8 Å². The summed E-state index contributed by atoms with van der Waals surface area (Å²) < 4.78 is 5.33. The zero-order chi connectivity index (χ0) is 15.1. The van der Waals surface area contributed by atoms with Gasteiger partial charge in [-0.25, -0.2) is 0 Å². The summed E-state index contributed by atoms with van der Waals surface area (Å²) in [6.07, 6.45) is 0.517.